The van der Waals surface area contributed by atoms with Gasteiger partial charge in [-0.25, -0.2) is 0 Å². The van der Waals surface area contributed by atoms with E-state index in [0.29, 0.717) is 12.5 Å². The summed E-state index contributed by atoms with van der Waals surface area (Å²) < 4.78 is 11.6. The minimum absolute atomic E-state index is 0. The van der Waals surface area contributed by atoms with E-state index in [1.54, 1.807) is 7.11 Å². The van der Waals surface area contributed by atoms with Crippen molar-refractivity contribution in [2.75, 3.05) is 33.9 Å². The number of benzene rings is 1. The minimum Gasteiger partial charge on any atom is -0.493 e. The van der Waals surface area contributed by atoms with Crippen molar-refractivity contribution < 1.29 is 10.9 Å². The predicted octanol–water partition coefficient (Wildman–Crippen LogP) is 4.57. The Kier molecular flexibility index (Phi) is 4.72. The molecule has 1 aliphatic carbocycles. The van der Waals surface area contributed by atoms with Crippen molar-refractivity contribution in [3.05, 3.63) is 30.1 Å². The molecule has 0 aliphatic heterocycles. The maximum Gasteiger partial charge on any atom is 0.163 e. The standard InChI is InChI=1S/C21H27N3O2.H2/c1-4-24(2)10-5-11-26-19-13-17-15(12-18(19)25-3)20-16(23-17)8-9-22-21(20)14-6-7-14;/h8-9,12-14,23H,4-7,10-11H2,1-3H3;1H. The van der Waals surface area contributed by atoms with Crippen molar-refractivity contribution in [1.82, 2.24) is 14.9 Å². The summed E-state index contributed by atoms with van der Waals surface area (Å²) in [5.74, 6) is 2.19. The van der Waals surface area contributed by atoms with E-state index in [9.17, 15) is 0 Å². The third-order valence-electron chi connectivity index (χ3n) is 5.27. The highest BCUT2D eigenvalue weighted by molar-refractivity contribution is 6.09. The van der Waals surface area contributed by atoms with Gasteiger partial charge in [-0.2, -0.15) is 0 Å². The van der Waals surface area contributed by atoms with Crippen molar-refractivity contribution >= 4 is 21.8 Å². The number of H-pyrrole nitrogens is 1. The Morgan fingerprint density at radius 2 is 2.12 bits per heavy atom. The Morgan fingerprint density at radius 3 is 2.85 bits per heavy atom. The number of fused-ring (bicyclic) bond motifs is 3. The molecule has 1 N–H and O–H groups in total. The van der Waals surface area contributed by atoms with Gasteiger partial charge in [-0.1, -0.05) is 6.92 Å². The van der Waals surface area contributed by atoms with Crippen LogP contribution < -0.4 is 9.47 Å². The first kappa shape index (κ1) is 17.2. The highest BCUT2D eigenvalue weighted by Crippen LogP contribution is 2.45. The molecule has 5 heteroatoms. The van der Waals surface area contributed by atoms with E-state index in [0.717, 1.165) is 42.0 Å². The summed E-state index contributed by atoms with van der Waals surface area (Å²) in [5.41, 5.74) is 3.43. The van der Waals surface area contributed by atoms with Crippen LogP contribution in [0.25, 0.3) is 21.8 Å². The smallest absolute Gasteiger partial charge is 0.163 e. The first-order chi connectivity index (χ1) is 12.7. The lowest BCUT2D eigenvalue weighted by Gasteiger charge is -2.15. The van der Waals surface area contributed by atoms with Crippen LogP contribution in [0.3, 0.4) is 0 Å². The van der Waals surface area contributed by atoms with E-state index in [4.69, 9.17) is 9.47 Å². The van der Waals surface area contributed by atoms with Gasteiger partial charge in [-0.3, -0.25) is 4.98 Å². The molecule has 26 heavy (non-hydrogen) atoms. The molecule has 1 saturated carbocycles. The number of nitrogens with one attached hydrogen (secondary N) is 1. The molecule has 3 aromatic rings. The van der Waals surface area contributed by atoms with E-state index >= 15 is 0 Å². The number of ether oxygens (including phenoxy) is 2. The van der Waals surface area contributed by atoms with Gasteiger partial charge in [0.15, 0.2) is 11.5 Å². The van der Waals surface area contributed by atoms with E-state index in [1.165, 1.54) is 29.3 Å². The maximum absolute atomic E-state index is 6.03. The lowest BCUT2D eigenvalue weighted by atomic mass is 10.1. The molecule has 2 heterocycles. The molecule has 140 valence electrons. The molecule has 2 aromatic heterocycles. The Balaban J connectivity index is 0.00000210. The van der Waals surface area contributed by atoms with Crippen molar-refractivity contribution in [2.45, 2.75) is 32.1 Å². The molecular formula is C21H29N3O2. The quantitative estimate of drug-likeness (QED) is 0.602. The summed E-state index contributed by atoms with van der Waals surface area (Å²) in [7, 11) is 3.83. The Morgan fingerprint density at radius 1 is 1.27 bits per heavy atom. The monoisotopic (exact) mass is 355 g/mol. The van der Waals surface area contributed by atoms with E-state index in [2.05, 4.69) is 47.0 Å². The Labute approximate surface area is 155 Å². The molecular weight excluding hydrogens is 326 g/mol. The zero-order chi connectivity index (χ0) is 18.1. The van der Waals surface area contributed by atoms with Gasteiger partial charge in [0.05, 0.1) is 24.9 Å². The fourth-order valence-electron chi connectivity index (χ4n) is 3.49. The van der Waals surface area contributed by atoms with Crippen LogP contribution in [-0.2, 0) is 0 Å². The lowest BCUT2D eigenvalue weighted by molar-refractivity contribution is 0.258. The molecule has 1 fully saturated rings. The number of rotatable bonds is 8. The zero-order valence-corrected chi connectivity index (χ0v) is 15.8. The molecule has 0 spiro atoms. The molecule has 0 amide bonds. The molecule has 5 nitrogen and oxygen atoms in total. The largest absolute Gasteiger partial charge is 0.493 e. The minimum atomic E-state index is 0. The van der Waals surface area contributed by atoms with Crippen molar-refractivity contribution in [1.29, 1.82) is 0 Å². The molecule has 0 radical (unpaired) electrons. The summed E-state index contributed by atoms with van der Waals surface area (Å²) in [5, 5.41) is 2.41. The van der Waals surface area contributed by atoms with Crippen molar-refractivity contribution in [3.8, 4) is 11.5 Å². The molecule has 4 rings (SSSR count). The fourth-order valence-corrected chi connectivity index (χ4v) is 3.49. The van der Waals surface area contributed by atoms with Crippen LogP contribution >= 0.6 is 0 Å². The van der Waals surface area contributed by atoms with Gasteiger partial charge in [0, 0.05) is 42.4 Å². The molecule has 1 aromatic carbocycles. The average molecular weight is 355 g/mol. The van der Waals surface area contributed by atoms with Gasteiger partial charge in [0.2, 0.25) is 0 Å². The maximum atomic E-state index is 6.03. The number of aromatic nitrogens is 2. The predicted molar refractivity (Wildman–Crippen MR) is 108 cm³/mol. The van der Waals surface area contributed by atoms with Gasteiger partial charge in [-0.15, -0.1) is 0 Å². The third-order valence-corrected chi connectivity index (χ3v) is 5.27. The first-order valence-electron chi connectivity index (χ1n) is 9.51. The summed E-state index contributed by atoms with van der Waals surface area (Å²) in [4.78, 5) is 10.5. The lowest BCUT2D eigenvalue weighted by Crippen LogP contribution is -2.20. The number of hydrogen-bond acceptors (Lipinski definition) is 4. The first-order valence-corrected chi connectivity index (χ1v) is 9.51. The van der Waals surface area contributed by atoms with Crippen LogP contribution in [0.2, 0.25) is 0 Å². The normalized spacial score (nSPS) is 14.5. The summed E-state index contributed by atoms with van der Waals surface area (Å²) in [6, 6.07) is 6.21. The average Bonchev–Trinajstić information content (AvgIpc) is 3.44. The van der Waals surface area contributed by atoms with Gasteiger partial charge in [0.1, 0.15) is 0 Å². The number of methoxy groups -OCH3 is 1. The zero-order valence-electron chi connectivity index (χ0n) is 15.8. The molecule has 0 saturated heterocycles. The molecule has 0 bridgehead atoms. The van der Waals surface area contributed by atoms with Crippen LogP contribution in [0.15, 0.2) is 24.4 Å². The molecule has 0 atom stereocenters. The number of hydrogen-bond donors (Lipinski definition) is 1. The van der Waals surface area contributed by atoms with Crippen LogP contribution in [0.4, 0.5) is 0 Å². The van der Waals surface area contributed by atoms with E-state index in [1.807, 2.05) is 6.20 Å². The van der Waals surface area contributed by atoms with Crippen LogP contribution in [0.1, 0.15) is 39.2 Å². The SMILES string of the molecule is CCN(C)CCCOc1cc2[nH]c3ccnc(C4CC4)c3c2cc1OC.[HH]. The van der Waals surface area contributed by atoms with Crippen LogP contribution in [0, 0.1) is 0 Å². The van der Waals surface area contributed by atoms with Crippen LogP contribution in [-0.4, -0.2) is 48.7 Å². The van der Waals surface area contributed by atoms with E-state index < -0.39 is 0 Å². The van der Waals surface area contributed by atoms with E-state index in [-0.39, 0.29) is 1.43 Å². The van der Waals surface area contributed by atoms with Crippen molar-refractivity contribution in [3.63, 3.8) is 0 Å². The second-order valence-electron chi connectivity index (χ2n) is 7.16. The number of nitrogens with zero attached hydrogens (tertiary/aromatic N) is 2. The summed E-state index contributed by atoms with van der Waals surface area (Å²) in [6.07, 6.45) is 5.38. The Bertz CT molecular complexity index is 921. The second-order valence-corrected chi connectivity index (χ2v) is 7.16. The van der Waals surface area contributed by atoms with Gasteiger partial charge in [-0.05, 0) is 45.0 Å². The number of aromatic amines is 1. The van der Waals surface area contributed by atoms with Gasteiger partial charge < -0.3 is 19.4 Å². The van der Waals surface area contributed by atoms with Crippen LogP contribution in [0.5, 0.6) is 11.5 Å². The Hall–Kier alpha value is -2.27. The summed E-state index contributed by atoms with van der Waals surface area (Å²) in [6.45, 7) is 4.94. The second kappa shape index (κ2) is 7.16. The highest BCUT2D eigenvalue weighted by atomic mass is 16.5. The fraction of sp³-hybridized carbons (Fsp3) is 0.476. The summed E-state index contributed by atoms with van der Waals surface area (Å²) >= 11 is 0. The highest BCUT2D eigenvalue weighted by Gasteiger charge is 2.28. The van der Waals surface area contributed by atoms with Gasteiger partial charge in [0.25, 0.3) is 0 Å². The molecule has 1 aliphatic rings. The topological polar surface area (TPSA) is 50.4 Å². The molecule has 0 unspecified atom stereocenters. The van der Waals surface area contributed by atoms with Gasteiger partial charge >= 0.3 is 0 Å². The third kappa shape index (κ3) is 3.23. The van der Waals surface area contributed by atoms with Crippen molar-refractivity contribution in [2.24, 2.45) is 0 Å². The number of pyridine rings is 1.